The fraction of sp³-hybridized carbons (Fsp3) is 0.273. The zero-order valence-electron chi connectivity index (χ0n) is 10.3. The van der Waals surface area contributed by atoms with Gasteiger partial charge in [-0.2, -0.15) is 9.94 Å². The molecule has 0 unspecified atom stereocenters. The van der Waals surface area contributed by atoms with Crippen LogP contribution in [0.15, 0.2) is 12.1 Å². The average molecular weight is 291 g/mol. The maximum atomic E-state index is 9.21. The predicted molar refractivity (Wildman–Crippen MR) is 73.6 cm³/mol. The third kappa shape index (κ3) is 2.13. The molecule has 9 heteroatoms. The van der Waals surface area contributed by atoms with E-state index >= 15 is 0 Å². The fourth-order valence-electron chi connectivity index (χ4n) is 1.82. The molecule has 0 atom stereocenters. The molecule has 0 radical (unpaired) electrons. The molecule has 1 fully saturated rings. The van der Waals surface area contributed by atoms with Gasteiger partial charge in [0, 0.05) is 13.1 Å². The molecule has 0 aromatic carbocycles. The van der Waals surface area contributed by atoms with Crippen molar-refractivity contribution in [2.75, 3.05) is 24.1 Å². The van der Waals surface area contributed by atoms with E-state index in [-0.39, 0.29) is 17.0 Å². The number of nitrogen functional groups attached to an aromatic ring is 1. The van der Waals surface area contributed by atoms with Gasteiger partial charge in [-0.25, -0.2) is 0 Å². The highest BCUT2D eigenvalue weighted by molar-refractivity contribution is 6.29. The lowest BCUT2D eigenvalue weighted by atomic mass is 10.2. The summed E-state index contributed by atoms with van der Waals surface area (Å²) in [5.41, 5.74) is 6.24. The largest absolute Gasteiger partial charge is 0.382 e. The molecule has 2 aromatic heterocycles. The molecule has 0 aliphatic carbocycles. The molecule has 0 amide bonds. The summed E-state index contributed by atoms with van der Waals surface area (Å²) in [6.07, 6.45) is 0. The average Bonchev–Trinajstić information content (AvgIpc) is 2.71. The van der Waals surface area contributed by atoms with Crippen molar-refractivity contribution >= 4 is 23.2 Å². The van der Waals surface area contributed by atoms with Crippen molar-refractivity contribution in [2.45, 2.75) is 6.04 Å². The van der Waals surface area contributed by atoms with Gasteiger partial charge in [-0.1, -0.05) is 11.6 Å². The molecule has 2 aromatic rings. The number of anilines is 2. The molecule has 1 saturated heterocycles. The maximum Gasteiger partial charge on any atom is 0.178 e. The lowest BCUT2D eigenvalue weighted by Gasteiger charge is -2.27. The molecule has 4 N–H and O–H groups in total. The Morgan fingerprint density at radius 2 is 2.25 bits per heavy atom. The van der Waals surface area contributed by atoms with E-state index in [9.17, 15) is 5.26 Å². The summed E-state index contributed by atoms with van der Waals surface area (Å²) < 4.78 is 1.37. The molecule has 3 rings (SSSR count). The third-order valence-corrected chi connectivity index (χ3v) is 3.19. The van der Waals surface area contributed by atoms with Crippen molar-refractivity contribution in [3.63, 3.8) is 0 Å². The molecule has 1 aliphatic rings. The Balaban J connectivity index is 1.99. The predicted octanol–water partition coefficient (Wildman–Crippen LogP) is 0.153. The highest BCUT2D eigenvalue weighted by atomic mass is 35.5. The summed E-state index contributed by atoms with van der Waals surface area (Å²) in [5.74, 6) is 1.08. The minimum Gasteiger partial charge on any atom is -0.382 e. The number of hydrogen-bond donors (Lipinski definition) is 3. The van der Waals surface area contributed by atoms with Crippen molar-refractivity contribution in [3.05, 3.63) is 22.8 Å². The highest BCUT2D eigenvalue weighted by Gasteiger charge is 2.23. The number of nitriles is 1. The Kier molecular flexibility index (Phi) is 3.14. The molecular formula is C11H11ClN8. The van der Waals surface area contributed by atoms with Crippen LogP contribution in [0.1, 0.15) is 5.56 Å². The van der Waals surface area contributed by atoms with Gasteiger partial charge in [-0.15, -0.1) is 15.3 Å². The molecule has 1 aliphatic heterocycles. The van der Waals surface area contributed by atoms with Gasteiger partial charge in [0.15, 0.2) is 16.8 Å². The lowest BCUT2D eigenvalue weighted by molar-refractivity contribution is 0.470. The standard InChI is InChI=1S/C11H11ClN8/c12-8-1-2-9(18-17-8)20-10(14)7(3-13)11(19-20)16-6-4-15-5-6/h1-2,6,15H,4-5,14H2,(H,16,19). The van der Waals surface area contributed by atoms with Gasteiger partial charge in [0.1, 0.15) is 17.5 Å². The Labute approximate surface area is 119 Å². The molecule has 0 spiro atoms. The van der Waals surface area contributed by atoms with Crippen molar-refractivity contribution in [2.24, 2.45) is 0 Å². The lowest BCUT2D eigenvalue weighted by Crippen LogP contribution is -2.51. The monoisotopic (exact) mass is 290 g/mol. The van der Waals surface area contributed by atoms with Crippen LogP contribution >= 0.6 is 11.6 Å². The zero-order chi connectivity index (χ0) is 14.1. The van der Waals surface area contributed by atoms with Gasteiger partial charge in [-0.3, -0.25) is 0 Å². The van der Waals surface area contributed by atoms with Crippen LogP contribution in [0.5, 0.6) is 0 Å². The van der Waals surface area contributed by atoms with Crippen LogP contribution in [0.4, 0.5) is 11.6 Å². The van der Waals surface area contributed by atoms with E-state index in [2.05, 4.69) is 32.0 Å². The van der Waals surface area contributed by atoms with Crippen molar-refractivity contribution in [3.8, 4) is 11.9 Å². The molecule has 8 nitrogen and oxygen atoms in total. The van der Waals surface area contributed by atoms with Crippen LogP contribution in [-0.2, 0) is 0 Å². The number of nitrogens with zero attached hydrogens (tertiary/aromatic N) is 5. The summed E-state index contributed by atoms with van der Waals surface area (Å²) in [5, 5.41) is 27.7. The van der Waals surface area contributed by atoms with E-state index in [0.29, 0.717) is 17.2 Å². The van der Waals surface area contributed by atoms with Crippen LogP contribution in [0.2, 0.25) is 5.15 Å². The van der Waals surface area contributed by atoms with Gasteiger partial charge >= 0.3 is 0 Å². The number of halogens is 1. The third-order valence-electron chi connectivity index (χ3n) is 2.99. The van der Waals surface area contributed by atoms with E-state index in [1.54, 1.807) is 12.1 Å². The van der Waals surface area contributed by atoms with Crippen LogP contribution in [0.25, 0.3) is 5.82 Å². The van der Waals surface area contributed by atoms with Crippen molar-refractivity contribution in [1.29, 1.82) is 5.26 Å². The number of nitrogens with one attached hydrogen (secondary N) is 2. The van der Waals surface area contributed by atoms with E-state index in [4.69, 9.17) is 17.3 Å². The van der Waals surface area contributed by atoms with Gasteiger partial charge in [0.05, 0.1) is 6.04 Å². The SMILES string of the molecule is N#Cc1c(NC2CNC2)nn(-c2ccc(Cl)nn2)c1N. The number of nitrogens with two attached hydrogens (primary N) is 1. The van der Waals surface area contributed by atoms with E-state index in [1.165, 1.54) is 4.68 Å². The Morgan fingerprint density at radius 1 is 1.45 bits per heavy atom. The smallest absolute Gasteiger partial charge is 0.178 e. The minimum atomic E-state index is 0.221. The first kappa shape index (κ1) is 12.7. The summed E-state index contributed by atoms with van der Waals surface area (Å²) >= 11 is 5.69. The van der Waals surface area contributed by atoms with Crippen LogP contribution in [0.3, 0.4) is 0 Å². The second kappa shape index (κ2) is 4.96. The summed E-state index contributed by atoms with van der Waals surface area (Å²) in [6, 6.07) is 5.52. The van der Waals surface area contributed by atoms with Crippen molar-refractivity contribution in [1.82, 2.24) is 25.3 Å². The summed E-state index contributed by atoms with van der Waals surface area (Å²) in [7, 11) is 0. The Bertz CT molecular complexity index is 667. The van der Waals surface area contributed by atoms with Crippen LogP contribution in [-0.4, -0.2) is 39.1 Å². The Morgan fingerprint density at radius 3 is 2.80 bits per heavy atom. The van der Waals surface area contributed by atoms with Crippen LogP contribution < -0.4 is 16.4 Å². The first-order valence-corrected chi connectivity index (χ1v) is 6.32. The second-order valence-electron chi connectivity index (χ2n) is 4.35. The fourth-order valence-corrected chi connectivity index (χ4v) is 1.92. The topological polar surface area (TPSA) is 117 Å². The first-order chi connectivity index (χ1) is 9.69. The van der Waals surface area contributed by atoms with Crippen LogP contribution in [0, 0.1) is 11.3 Å². The van der Waals surface area contributed by atoms with E-state index in [1.807, 2.05) is 0 Å². The van der Waals surface area contributed by atoms with E-state index in [0.717, 1.165) is 13.1 Å². The normalized spacial score (nSPS) is 14.6. The Hall–Kier alpha value is -2.37. The van der Waals surface area contributed by atoms with Gasteiger partial charge in [-0.05, 0) is 12.1 Å². The number of aromatic nitrogens is 4. The zero-order valence-corrected chi connectivity index (χ0v) is 11.1. The second-order valence-corrected chi connectivity index (χ2v) is 4.73. The molecule has 20 heavy (non-hydrogen) atoms. The summed E-state index contributed by atoms with van der Waals surface area (Å²) in [4.78, 5) is 0. The first-order valence-electron chi connectivity index (χ1n) is 5.94. The van der Waals surface area contributed by atoms with Gasteiger partial charge in [0.2, 0.25) is 0 Å². The molecule has 0 bridgehead atoms. The summed E-state index contributed by atoms with van der Waals surface area (Å²) in [6.45, 7) is 1.66. The maximum absolute atomic E-state index is 9.21. The molecule has 0 saturated carbocycles. The van der Waals surface area contributed by atoms with E-state index < -0.39 is 0 Å². The minimum absolute atomic E-state index is 0.221. The van der Waals surface area contributed by atoms with Gasteiger partial charge in [0.25, 0.3) is 0 Å². The number of rotatable bonds is 3. The molecule has 102 valence electrons. The van der Waals surface area contributed by atoms with Crippen molar-refractivity contribution < 1.29 is 0 Å². The quantitative estimate of drug-likeness (QED) is 0.736. The number of hydrogen-bond acceptors (Lipinski definition) is 7. The van der Waals surface area contributed by atoms with Gasteiger partial charge < -0.3 is 16.4 Å². The molecular weight excluding hydrogens is 280 g/mol. The highest BCUT2D eigenvalue weighted by Crippen LogP contribution is 2.24. The molecule has 3 heterocycles.